The molecule has 0 aliphatic heterocycles. The zero-order valence-electron chi connectivity index (χ0n) is 15.9. The Morgan fingerprint density at radius 1 is 0.964 bits per heavy atom. The van der Waals surface area contributed by atoms with E-state index in [-0.39, 0.29) is 23.9 Å². The predicted octanol–water partition coefficient (Wildman–Crippen LogP) is 2.30. The van der Waals surface area contributed by atoms with Gasteiger partial charge in [-0.2, -0.15) is 4.31 Å². The van der Waals surface area contributed by atoms with E-state index < -0.39 is 15.9 Å². The molecule has 2 aromatic carbocycles. The Balaban J connectivity index is 2.09. The minimum Gasteiger partial charge on any atom is -0.497 e. The largest absolute Gasteiger partial charge is 0.497 e. The quantitative estimate of drug-likeness (QED) is 0.701. The molecule has 2 aromatic rings. The van der Waals surface area contributed by atoms with Crippen LogP contribution in [0.1, 0.15) is 13.8 Å². The molecule has 0 unspecified atom stereocenters. The van der Waals surface area contributed by atoms with Gasteiger partial charge in [0.15, 0.2) is 0 Å². The molecule has 0 aliphatic carbocycles. The first kappa shape index (κ1) is 21.4. The Morgan fingerprint density at radius 2 is 1.50 bits per heavy atom. The second-order valence-electron chi connectivity index (χ2n) is 5.91. The SMILES string of the molecule is CCN(CC(=O)Nc1ccc(OC)cc1)S(=O)(=O)c1ccc(NC(C)=O)cc1. The third kappa shape index (κ3) is 5.54. The van der Waals surface area contributed by atoms with Crippen molar-refractivity contribution in [2.45, 2.75) is 18.7 Å². The lowest BCUT2D eigenvalue weighted by atomic mass is 10.3. The van der Waals surface area contributed by atoms with Crippen LogP contribution < -0.4 is 15.4 Å². The third-order valence-corrected chi connectivity index (χ3v) is 5.79. The number of hydrogen-bond donors (Lipinski definition) is 2. The van der Waals surface area contributed by atoms with E-state index in [4.69, 9.17) is 4.74 Å². The summed E-state index contributed by atoms with van der Waals surface area (Å²) in [4.78, 5) is 23.4. The van der Waals surface area contributed by atoms with E-state index in [2.05, 4.69) is 10.6 Å². The molecule has 8 nitrogen and oxygen atoms in total. The van der Waals surface area contributed by atoms with Gasteiger partial charge in [-0.3, -0.25) is 9.59 Å². The summed E-state index contributed by atoms with van der Waals surface area (Å²) in [6.45, 7) is 2.83. The first-order valence-electron chi connectivity index (χ1n) is 8.58. The van der Waals surface area contributed by atoms with Gasteiger partial charge in [-0.1, -0.05) is 6.92 Å². The number of carbonyl (C=O) groups is 2. The Labute approximate surface area is 164 Å². The molecule has 2 rings (SSSR count). The van der Waals surface area contributed by atoms with Gasteiger partial charge in [0.1, 0.15) is 5.75 Å². The highest BCUT2D eigenvalue weighted by molar-refractivity contribution is 7.89. The van der Waals surface area contributed by atoms with Gasteiger partial charge in [0.2, 0.25) is 21.8 Å². The molecule has 0 radical (unpaired) electrons. The molecule has 0 aromatic heterocycles. The number of ether oxygens (including phenoxy) is 1. The molecule has 0 saturated carbocycles. The van der Waals surface area contributed by atoms with E-state index in [1.165, 1.54) is 31.2 Å². The third-order valence-electron chi connectivity index (χ3n) is 3.86. The number of sulfonamides is 1. The molecule has 2 N–H and O–H groups in total. The summed E-state index contributed by atoms with van der Waals surface area (Å²) < 4.78 is 31.8. The van der Waals surface area contributed by atoms with Crippen molar-refractivity contribution >= 4 is 33.2 Å². The molecule has 0 aliphatic rings. The Kier molecular flexibility index (Phi) is 7.13. The van der Waals surface area contributed by atoms with E-state index in [0.29, 0.717) is 17.1 Å². The fourth-order valence-corrected chi connectivity index (χ4v) is 3.87. The highest BCUT2D eigenvalue weighted by atomic mass is 32.2. The Morgan fingerprint density at radius 3 is 2.00 bits per heavy atom. The van der Waals surface area contributed by atoms with Crippen molar-refractivity contribution < 1.29 is 22.7 Å². The summed E-state index contributed by atoms with van der Waals surface area (Å²) >= 11 is 0. The van der Waals surface area contributed by atoms with Crippen molar-refractivity contribution in [3.63, 3.8) is 0 Å². The van der Waals surface area contributed by atoms with Gasteiger partial charge in [-0.15, -0.1) is 0 Å². The minimum atomic E-state index is -3.85. The van der Waals surface area contributed by atoms with Crippen LogP contribution in [0.4, 0.5) is 11.4 Å². The number of methoxy groups -OCH3 is 1. The van der Waals surface area contributed by atoms with E-state index >= 15 is 0 Å². The average Bonchev–Trinajstić information content (AvgIpc) is 2.66. The maximum Gasteiger partial charge on any atom is 0.243 e. The second kappa shape index (κ2) is 9.34. The van der Waals surface area contributed by atoms with Crippen molar-refractivity contribution in [3.05, 3.63) is 48.5 Å². The van der Waals surface area contributed by atoms with Gasteiger partial charge < -0.3 is 15.4 Å². The van der Waals surface area contributed by atoms with Crippen LogP contribution in [0.5, 0.6) is 5.75 Å². The Bertz CT molecular complexity index is 925. The van der Waals surface area contributed by atoms with Crippen LogP contribution in [-0.2, 0) is 19.6 Å². The zero-order valence-corrected chi connectivity index (χ0v) is 16.7. The van der Waals surface area contributed by atoms with Crippen molar-refractivity contribution in [1.82, 2.24) is 4.31 Å². The fourth-order valence-electron chi connectivity index (χ4n) is 2.46. The average molecular weight is 405 g/mol. The van der Waals surface area contributed by atoms with Crippen LogP contribution >= 0.6 is 0 Å². The van der Waals surface area contributed by atoms with Gasteiger partial charge in [0, 0.05) is 24.8 Å². The smallest absolute Gasteiger partial charge is 0.243 e. The highest BCUT2D eigenvalue weighted by Crippen LogP contribution is 2.19. The van der Waals surface area contributed by atoms with Crippen molar-refractivity contribution in [1.29, 1.82) is 0 Å². The van der Waals surface area contributed by atoms with E-state index in [0.717, 1.165) is 4.31 Å². The van der Waals surface area contributed by atoms with E-state index in [1.54, 1.807) is 38.3 Å². The molecule has 0 saturated heterocycles. The lowest BCUT2D eigenvalue weighted by Crippen LogP contribution is -2.37. The Hall–Kier alpha value is -2.91. The van der Waals surface area contributed by atoms with Crippen LogP contribution in [-0.4, -0.2) is 44.7 Å². The highest BCUT2D eigenvalue weighted by Gasteiger charge is 2.25. The van der Waals surface area contributed by atoms with Crippen LogP contribution in [0.3, 0.4) is 0 Å². The normalized spacial score (nSPS) is 11.1. The molecular weight excluding hydrogens is 382 g/mol. The van der Waals surface area contributed by atoms with Gasteiger partial charge in [-0.05, 0) is 48.5 Å². The van der Waals surface area contributed by atoms with Crippen molar-refractivity contribution in [3.8, 4) is 5.75 Å². The molecule has 9 heteroatoms. The monoisotopic (exact) mass is 405 g/mol. The van der Waals surface area contributed by atoms with Gasteiger partial charge in [0.05, 0.1) is 18.6 Å². The molecule has 0 atom stereocenters. The van der Waals surface area contributed by atoms with E-state index in [9.17, 15) is 18.0 Å². The van der Waals surface area contributed by atoms with Crippen molar-refractivity contribution in [2.75, 3.05) is 30.8 Å². The van der Waals surface area contributed by atoms with Gasteiger partial charge >= 0.3 is 0 Å². The lowest BCUT2D eigenvalue weighted by molar-refractivity contribution is -0.116. The number of carbonyl (C=O) groups excluding carboxylic acids is 2. The molecule has 28 heavy (non-hydrogen) atoms. The van der Waals surface area contributed by atoms with E-state index in [1.807, 2.05) is 0 Å². The molecule has 0 bridgehead atoms. The first-order chi connectivity index (χ1) is 13.3. The lowest BCUT2D eigenvalue weighted by Gasteiger charge is -2.20. The summed E-state index contributed by atoms with van der Waals surface area (Å²) in [6.07, 6.45) is 0. The summed E-state index contributed by atoms with van der Waals surface area (Å²) in [6, 6.07) is 12.5. The number of benzene rings is 2. The maximum atomic E-state index is 12.8. The first-order valence-corrected chi connectivity index (χ1v) is 10.0. The number of likely N-dealkylation sites (N-methyl/N-ethyl adjacent to an activating group) is 1. The summed E-state index contributed by atoms with van der Waals surface area (Å²) in [5, 5.41) is 5.24. The molecule has 0 spiro atoms. The fraction of sp³-hybridized carbons (Fsp3) is 0.263. The molecule has 0 fully saturated rings. The standard InChI is InChI=1S/C19H23N3O5S/c1-4-22(13-19(24)21-16-5-9-17(27-3)10-6-16)28(25,26)18-11-7-15(8-12-18)20-14(2)23/h5-12H,4,13H2,1-3H3,(H,20,23)(H,21,24). The number of anilines is 2. The summed E-state index contributed by atoms with van der Waals surface area (Å²) in [5.41, 5.74) is 1.03. The number of rotatable bonds is 8. The van der Waals surface area contributed by atoms with Crippen LogP contribution in [0.15, 0.2) is 53.4 Å². The second-order valence-corrected chi connectivity index (χ2v) is 7.85. The van der Waals surface area contributed by atoms with Gasteiger partial charge in [0.25, 0.3) is 0 Å². The zero-order chi connectivity index (χ0) is 20.7. The molecular formula is C19H23N3O5S. The molecule has 0 heterocycles. The predicted molar refractivity (Wildman–Crippen MR) is 107 cm³/mol. The number of hydrogen-bond acceptors (Lipinski definition) is 5. The van der Waals surface area contributed by atoms with Crippen molar-refractivity contribution in [2.24, 2.45) is 0 Å². The maximum absolute atomic E-state index is 12.8. The minimum absolute atomic E-state index is 0.0423. The van der Waals surface area contributed by atoms with Crippen LogP contribution in [0.25, 0.3) is 0 Å². The molecule has 150 valence electrons. The van der Waals surface area contributed by atoms with Gasteiger partial charge in [-0.25, -0.2) is 8.42 Å². The number of amides is 2. The summed E-state index contributed by atoms with van der Waals surface area (Å²) in [5.74, 6) is -0.0510. The molecule has 2 amide bonds. The number of nitrogens with zero attached hydrogens (tertiary/aromatic N) is 1. The van der Waals surface area contributed by atoms with Crippen LogP contribution in [0, 0.1) is 0 Å². The summed E-state index contributed by atoms with van der Waals surface area (Å²) in [7, 11) is -2.31. The topological polar surface area (TPSA) is 105 Å². The number of nitrogens with one attached hydrogen (secondary N) is 2. The van der Waals surface area contributed by atoms with Crippen LogP contribution in [0.2, 0.25) is 0 Å².